The molecule has 4 nitrogen and oxygen atoms in total. The van der Waals surface area contributed by atoms with E-state index in [0.717, 1.165) is 0 Å². The van der Waals surface area contributed by atoms with Gasteiger partial charge in [-0.2, -0.15) is 0 Å². The van der Waals surface area contributed by atoms with Gasteiger partial charge in [0, 0.05) is 6.04 Å². The van der Waals surface area contributed by atoms with Crippen LogP contribution < -0.4 is 15.4 Å². The molecule has 0 bridgehead atoms. The molecule has 0 aliphatic heterocycles. The quantitative estimate of drug-likeness (QED) is 0.898. The van der Waals surface area contributed by atoms with E-state index in [2.05, 4.69) is 10.6 Å². The van der Waals surface area contributed by atoms with Gasteiger partial charge >= 0.3 is 6.03 Å². The van der Waals surface area contributed by atoms with Crippen LogP contribution in [0.2, 0.25) is 0 Å². The summed E-state index contributed by atoms with van der Waals surface area (Å²) < 4.78 is 5.11. The predicted molar refractivity (Wildman–Crippen MR) is 86.7 cm³/mol. The molecule has 2 amide bonds. The summed E-state index contributed by atoms with van der Waals surface area (Å²) in [6.45, 7) is 3.81. The maximum atomic E-state index is 11.4. The van der Waals surface area contributed by atoms with E-state index in [9.17, 15) is 4.79 Å². The molecule has 0 saturated heterocycles. The Kier molecular flexibility index (Phi) is 7.43. The van der Waals surface area contributed by atoms with Gasteiger partial charge in [0.1, 0.15) is 5.75 Å². The lowest BCUT2D eigenvalue weighted by molar-refractivity contribution is 0.250. The van der Waals surface area contributed by atoms with E-state index in [1.807, 2.05) is 62.4 Å². The van der Waals surface area contributed by atoms with Crippen molar-refractivity contribution in [2.45, 2.75) is 19.9 Å². The third-order valence-corrected chi connectivity index (χ3v) is 2.44. The molecule has 0 saturated carbocycles. The average molecular weight is 286 g/mol. The van der Waals surface area contributed by atoms with E-state index >= 15 is 0 Å². The molecular weight excluding hydrogens is 264 g/mol. The first-order chi connectivity index (χ1) is 10.1. The Hall–Kier alpha value is -2.49. The molecule has 2 aromatic carbocycles. The van der Waals surface area contributed by atoms with E-state index in [4.69, 9.17) is 4.74 Å². The van der Waals surface area contributed by atoms with Crippen LogP contribution in [0.5, 0.6) is 5.75 Å². The Labute approximate surface area is 126 Å². The van der Waals surface area contributed by atoms with Crippen molar-refractivity contribution in [1.29, 1.82) is 0 Å². The number of amides is 2. The molecule has 2 aromatic rings. The number of benzene rings is 2. The van der Waals surface area contributed by atoms with Gasteiger partial charge in [-0.1, -0.05) is 48.5 Å². The van der Waals surface area contributed by atoms with Crippen molar-refractivity contribution in [3.8, 4) is 5.75 Å². The highest BCUT2D eigenvalue weighted by molar-refractivity contribution is 5.91. The van der Waals surface area contributed by atoms with Crippen LogP contribution in [0.3, 0.4) is 0 Å². The molecule has 0 aliphatic carbocycles. The van der Waals surface area contributed by atoms with E-state index in [-0.39, 0.29) is 12.1 Å². The standard InChI is InChI=1S/C11H16N2O2.C6H6/c1-8(2)12-11(14)13-9-6-4-5-7-10(9)15-3;1-2-4-6-5-3-1/h4-8H,1-3H3,(H2,12,13,14);1-6H. The predicted octanol–water partition coefficient (Wildman–Crippen LogP) is 3.91. The van der Waals surface area contributed by atoms with Crippen molar-refractivity contribution in [3.63, 3.8) is 0 Å². The fourth-order valence-corrected chi connectivity index (χ4v) is 1.55. The van der Waals surface area contributed by atoms with Crippen LogP contribution in [0.15, 0.2) is 60.7 Å². The van der Waals surface area contributed by atoms with Crippen LogP contribution in [0.1, 0.15) is 13.8 Å². The number of hydrogen-bond donors (Lipinski definition) is 2. The Morgan fingerprint density at radius 2 is 1.48 bits per heavy atom. The maximum Gasteiger partial charge on any atom is 0.319 e. The van der Waals surface area contributed by atoms with Crippen molar-refractivity contribution in [2.24, 2.45) is 0 Å². The number of urea groups is 1. The van der Waals surface area contributed by atoms with Crippen molar-refractivity contribution in [1.82, 2.24) is 5.32 Å². The smallest absolute Gasteiger partial charge is 0.319 e. The minimum atomic E-state index is -0.227. The molecule has 0 aliphatic rings. The fourth-order valence-electron chi connectivity index (χ4n) is 1.55. The number of carbonyl (C=O) groups is 1. The van der Waals surface area contributed by atoms with Gasteiger partial charge in [-0.3, -0.25) is 0 Å². The van der Waals surface area contributed by atoms with E-state index in [0.29, 0.717) is 11.4 Å². The fraction of sp³-hybridized carbons (Fsp3) is 0.235. The maximum absolute atomic E-state index is 11.4. The highest BCUT2D eigenvalue weighted by atomic mass is 16.5. The van der Waals surface area contributed by atoms with E-state index in [1.165, 1.54) is 0 Å². The number of rotatable bonds is 3. The van der Waals surface area contributed by atoms with Gasteiger partial charge in [-0.15, -0.1) is 0 Å². The SMILES string of the molecule is COc1ccccc1NC(=O)NC(C)C.c1ccccc1. The molecule has 0 atom stereocenters. The number of hydrogen-bond acceptors (Lipinski definition) is 2. The summed E-state index contributed by atoms with van der Waals surface area (Å²) in [4.78, 5) is 11.4. The lowest BCUT2D eigenvalue weighted by Crippen LogP contribution is -2.34. The second-order valence-corrected chi connectivity index (χ2v) is 4.61. The number of methoxy groups -OCH3 is 1. The monoisotopic (exact) mass is 286 g/mol. The molecule has 0 aromatic heterocycles. The number of para-hydroxylation sites is 2. The van der Waals surface area contributed by atoms with Crippen LogP contribution in [0.4, 0.5) is 10.5 Å². The molecule has 0 spiro atoms. The summed E-state index contributed by atoms with van der Waals surface area (Å²) in [6.07, 6.45) is 0. The van der Waals surface area contributed by atoms with E-state index in [1.54, 1.807) is 19.2 Å². The Bertz CT molecular complexity index is 501. The van der Waals surface area contributed by atoms with Gasteiger partial charge in [0.25, 0.3) is 0 Å². The lowest BCUT2D eigenvalue weighted by atomic mass is 10.3. The molecule has 4 heteroatoms. The summed E-state index contributed by atoms with van der Waals surface area (Å²) in [6, 6.07) is 19.2. The number of ether oxygens (including phenoxy) is 1. The minimum absolute atomic E-state index is 0.111. The van der Waals surface area contributed by atoms with Gasteiger partial charge in [0.2, 0.25) is 0 Å². The molecule has 2 N–H and O–H groups in total. The van der Waals surface area contributed by atoms with Gasteiger partial charge in [0.05, 0.1) is 12.8 Å². The molecular formula is C17H22N2O2. The molecule has 0 heterocycles. The first-order valence-electron chi connectivity index (χ1n) is 6.84. The Morgan fingerprint density at radius 1 is 0.952 bits per heavy atom. The molecule has 21 heavy (non-hydrogen) atoms. The summed E-state index contributed by atoms with van der Waals surface area (Å²) in [5.74, 6) is 0.649. The lowest BCUT2D eigenvalue weighted by Gasteiger charge is -2.12. The largest absolute Gasteiger partial charge is 0.495 e. The Balaban J connectivity index is 0.000000304. The van der Waals surface area contributed by atoms with Crippen molar-refractivity contribution in [3.05, 3.63) is 60.7 Å². The van der Waals surface area contributed by atoms with Crippen molar-refractivity contribution in [2.75, 3.05) is 12.4 Å². The third-order valence-electron chi connectivity index (χ3n) is 2.44. The number of anilines is 1. The number of nitrogens with one attached hydrogen (secondary N) is 2. The highest BCUT2D eigenvalue weighted by Crippen LogP contribution is 2.22. The number of carbonyl (C=O) groups excluding carboxylic acids is 1. The van der Waals surface area contributed by atoms with Crippen LogP contribution in [-0.2, 0) is 0 Å². The zero-order chi connectivity index (χ0) is 15.5. The summed E-state index contributed by atoms with van der Waals surface area (Å²) in [5, 5.41) is 5.45. The van der Waals surface area contributed by atoms with Crippen molar-refractivity contribution < 1.29 is 9.53 Å². The molecule has 112 valence electrons. The van der Waals surface area contributed by atoms with Crippen LogP contribution in [-0.4, -0.2) is 19.2 Å². The molecule has 0 fully saturated rings. The highest BCUT2D eigenvalue weighted by Gasteiger charge is 2.06. The minimum Gasteiger partial charge on any atom is -0.495 e. The van der Waals surface area contributed by atoms with Crippen LogP contribution >= 0.6 is 0 Å². The summed E-state index contributed by atoms with van der Waals surface area (Å²) >= 11 is 0. The Morgan fingerprint density at radius 3 is 1.95 bits per heavy atom. The van der Waals surface area contributed by atoms with Gasteiger partial charge in [0.15, 0.2) is 0 Å². The average Bonchev–Trinajstić information content (AvgIpc) is 2.49. The van der Waals surface area contributed by atoms with Crippen molar-refractivity contribution >= 4 is 11.7 Å². The normalized spacial score (nSPS) is 9.33. The van der Waals surface area contributed by atoms with Crippen LogP contribution in [0, 0.1) is 0 Å². The summed E-state index contributed by atoms with van der Waals surface area (Å²) in [7, 11) is 1.57. The zero-order valence-electron chi connectivity index (χ0n) is 12.7. The topological polar surface area (TPSA) is 50.4 Å². The summed E-state index contributed by atoms with van der Waals surface area (Å²) in [5.41, 5.74) is 0.665. The molecule has 2 rings (SSSR count). The van der Waals surface area contributed by atoms with Gasteiger partial charge < -0.3 is 15.4 Å². The first-order valence-corrected chi connectivity index (χ1v) is 6.84. The van der Waals surface area contributed by atoms with Gasteiger partial charge in [-0.05, 0) is 26.0 Å². The van der Waals surface area contributed by atoms with Crippen LogP contribution in [0.25, 0.3) is 0 Å². The second-order valence-electron chi connectivity index (χ2n) is 4.61. The van der Waals surface area contributed by atoms with Gasteiger partial charge in [-0.25, -0.2) is 4.79 Å². The zero-order valence-corrected chi connectivity index (χ0v) is 12.7. The second kappa shape index (κ2) is 9.42. The molecule has 0 unspecified atom stereocenters. The first kappa shape index (κ1) is 16.6. The molecule has 0 radical (unpaired) electrons. The third kappa shape index (κ3) is 7.01. The van der Waals surface area contributed by atoms with E-state index < -0.39 is 0 Å².